The molecule has 5 nitrogen and oxygen atoms in total. The van der Waals surface area contributed by atoms with Crippen molar-refractivity contribution in [1.29, 1.82) is 0 Å². The number of halogens is 4. The molecule has 0 aromatic heterocycles. The predicted octanol–water partition coefficient (Wildman–Crippen LogP) is 5.69. The quantitative estimate of drug-likeness (QED) is 0.131. The van der Waals surface area contributed by atoms with Gasteiger partial charge in [-0.3, -0.25) is 14.4 Å². The molecule has 1 atom stereocenters. The van der Waals surface area contributed by atoms with Gasteiger partial charge in [-0.2, -0.15) is 13.2 Å². The molecule has 9 heteroatoms. The van der Waals surface area contributed by atoms with Crippen molar-refractivity contribution in [2.24, 2.45) is 5.41 Å². The first-order valence-electron chi connectivity index (χ1n) is 9.58. The van der Waals surface area contributed by atoms with Crippen LogP contribution in [0, 0.1) is 5.41 Å². The van der Waals surface area contributed by atoms with Gasteiger partial charge in [-0.1, -0.05) is 65.5 Å². The van der Waals surface area contributed by atoms with Crippen molar-refractivity contribution in [2.45, 2.75) is 19.0 Å². The van der Waals surface area contributed by atoms with Crippen molar-refractivity contribution >= 4 is 33.7 Å². The molecule has 2 aromatic rings. The summed E-state index contributed by atoms with van der Waals surface area (Å²) in [5, 5.41) is 0. The molecule has 174 valence electrons. The summed E-state index contributed by atoms with van der Waals surface area (Å²) >= 11 is 3.25. The van der Waals surface area contributed by atoms with E-state index < -0.39 is 47.7 Å². The number of carbonyl (C=O) groups is 3. The fourth-order valence-electron chi connectivity index (χ4n) is 3.11. The van der Waals surface area contributed by atoms with Gasteiger partial charge in [0.15, 0.2) is 11.2 Å². The minimum Gasteiger partial charge on any atom is -0.461 e. The lowest BCUT2D eigenvalue weighted by Gasteiger charge is -2.28. The van der Waals surface area contributed by atoms with Crippen LogP contribution in [0.15, 0.2) is 78.5 Å². The zero-order valence-electron chi connectivity index (χ0n) is 17.4. The number of benzene rings is 2. The van der Waals surface area contributed by atoms with Crippen LogP contribution in [0.25, 0.3) is 0 Å². The molecule has 0 saturated heterocycles. The van der Waals surface area contributed by atoms with Crippen LogP contribution in [0.4, 0.5) is 13.2 Å². The standard InChI is InChI=1S/C24H20BrF3O5/c1-3-12-33-22(31)23(21(30)32-4-2,15-20(29)17-8-10-19(25)11-9-17)14-16-6-5-7-18(13-16)24(26,27)28/h3-11,13H,1-2,12,14-15H2. The summed E-state index contributed by atoms with van der Waals surface area (Å²) < 4.78 is 50.2. The maximum absolute atomic E-state index is 13.2. The number of esters is 2. The number of hydrogen-bond donors (Lipinski definition) is 0. The average molecular weight is 525 g/mol. The summed E-state index contributed by atoms with van der Waals surface area (Å²) in [5.74, 6) is -2.90. The van der Waals surface area contributed by atoms with E-state index in [0.717, 1.165) is 24.5 Å². The van der Waals surface area contributed by atoms with E-state index in [1.165, 1.54) is 24.3 Å². The first kappa shape index (κ1) is 26.1. The third kappa shape index (κ3) is 6.64. The molecule has 0 aliphatic heterocycles. The van der Waals surface area contributed by atoms with E-state index in [2.05, 4.69) is 29.1 Å². The first-order valence-corrected chi connectivity index (χ1v) is 10.4. The summed E-state index contributed by atoms with van der Waals surface area (Å²) in [6, 6.07) is 10.3. The molecule has 2 aromatic carbocycles. The highest BCUT2D eigenvalue weighted by molar-refractivity contribution is 9.10. The van der Waals surface area contributed by atoms with Crippen LogP contribution in [0.1, 0.15) is 27.9 Å². The van der Waals surface area contributed by atoms with Crippen LogP contribution >= 0.6 is 15.9 Å². The molecule has 0 fully saturated rings. The van der Waals surface area contributed by atoms with Crippen LogP contribution in [-0.2, 0) is 31.7 Å². The molecule has 0 amide bonds. The molecule has 2 rings (SSSR count). The Morgan fingerprint density at radius 3 is 2.24 bits per heavy atom. The maximum atomic E-state index is 13.2. The fraction of sp³-hybridized carbons (Fsp3) is 0.208. The van der Waals surface area contributed by atoms with Crippen molar-refractivity contribution in [2.75, 3.05) is 6.61 Å². The number of ether oxygens (including phenoxy) is 2. The largest absolute Gasteiger partial charge is 0.461 e. The van der Waals surface area contributed by atoms with Gasteiger partial charge in [-0.25, -0.2) is 0 Å². The normalized spacial score (nSPS) is 12.8. The number of alkyl halides is 3. The summed E-state index contributed by atoms with van der Waals surface area (Å²) in [6.45, 7) is 6.43. The smallest absolute Gasteiger partial charge is 0.416 e. The molecular formula is C24H20BrF3O5. The Bertz CT molecular complexity index is 1050. The Morgan fingerprint density at radius 1 is 1.00 bits per heavy atom. The predicted molar refractivity (Wildman–Crippen MR) is 118 cm³/mol. The second-order valence-corrected chi connectivity index (χ2v) is 7.94. The van der Waals surface area contributed by atoms with Gasteiger partial charge >= 0.3 is 18.1 Å². The van der Waals surface area contributed by atoms with Gasteiger partial charge < -0.3 is 9.47 Å². The van der Waals surface area contributed by atoms with Gasteiger partial charge in [-0.15, -0.1) is 0 Å². The number of Topliss-reactive ketones (excluding diaryl/α,β-unsaturated/α-hetero) is 1. The molecule has 1 unspecified atom stereocenters. The molecule has 33 heavy (non-hydrogen) atoms. The van der Waals surface area contributed by atoms with Gasteiger partial charge in [0.1, 0.15) is 6.61 Å². The Labute approximate surface area is 197 Å². The minimum atomic E-state index is -4.64. The minimum absolute atomic E-state index is 0.00926. The molecule has 0 aliphatic carbocycles. The number of hydrogen-bond acceptors (Lipinski definition) is 5. The van der Waals surface area contributed by atoms with E-state index in [1.54, 1.807) is 12.1 Å². The fourth-order valence-corrected chi connectivity index (χ4v) is 3.38. The van der Waals surface area contributed by atoms with Crippen LogP contribution in [-0.4, -0.2) is 24.3 Å². The third-order valence-corrected chi connectivity index (χ3v) is 5.22. The van der Waals surface area contributed by atoms with Crippen molar-refractivity contribution in [3.63, 3.8) is 0 Å². The summed E-state index contributed by atoms with van der Waals surface area (Å²) in [4.78, 5) is 39.1. The van der Waals surface area contributed by atoms with Crippen molar-refractivity contribution in [3.05, 3.63) is 95.2 Å². The molecule has 0 spiro atoms. The third-order valence-electron chi connectivity index (χ3n) is 4.69. The van der Waals surface area contributed by atoms with E-state index in [0.29, 0.717) is 4.47 Å². The Hall–Kier alpha value is -3.20. The van der Waals surface area contributed by atoms with E-state index in [-0.39, 0.29) is 17.7 Å². The van der Waals surface area contributed by atoms with Gasteiger partial charge in [-0.05, 0) is 30.2 Å². The van der Waals surface area contributed by atoms with E-state index >= 15 is 0 Å². The van der Waals surface area contributed by atoms with E-state index in [4.69, 9.17) is 9.47 Å². The highest BCUT2D eigenvalue weighted by Gasteiger charge is 2.51. The highest BCUT2D eigenvalue weighted by atomic mass is 79.9. The summed E-state index contributed by atoms with van der Waals surface area (Å²) in [6.07, 6.45) is -3.89. The number of ketones is 1. The van der Waals surface area contributed by atoms with Crippen molar-refractivity contribution < 1.29 is 37.0 Å². The van der Waals surface area contributed by atoms with Gasteiger partial charge in [0.2, 0.25) is 0 Å². The number of carbonyl (C=O) groups excluding carboxylic acids is 3. The van der Waals surface area contributed by atoms with Gasteiger partial charge in [0.25, 0.3) is 0 Å². The Kier molecular flexibility index (Phi) is 8.76. The van der Waals surface area contributed by atoms with Crippen molar-refractivity contribution in [1.82, 2.24) is 0 Å². The summed E-state index contributed by atoms with van der Waals surface area (Å²) in [5.41, 5.74) is -3.05. The molecular weight excluding hydrogens is 505 g/mol. The van der Waals surface area contributed by atoms with Crippen LogP contribution in [0.5, 0.6) is 0 Å². The van der Waals surface area contributed by atoms with Crippen molar-refractivity contribution in [3.8, 4) is 0 Å². The van der Waals surface area contributed by atoms with E-state index in [1.807, 2.05) is 0 Å². The van der Waals surface area contributed by atoms with Crippen LogP contribution in [0.3, 0.4) is 0 Å². The van der Waals surface area contributed by atoms with Gasteiger partial charge in [0.05, 0.1) is 11.8 Å². The zero-order chi connectivity index (χ0) is 24.6. The van der Waals surface area contributed by atoms with Gasteiger partial charge in [0, 0.05) is 16.5 Å². The lowest BCUT2D eigenvalue weighted by Crippen LogP contribution is -2.45. The highest BCUT2D eigenvalue weighted by Crippen LogP contribution is 2.35. The van der Waals surface area contributed by atoms with Crippen LogP contribution in [0.2, 0.25) is 0 Å². The maximum Gasteiger partial charge on any atom is 0.416 e. The molecule has 0 aliphatic rings. The monoisotopic (exact) mass is 524 g/mol. The molecule has 0 N–H and O–H groups in total. The lowest BCUT2D eigenvalue weighted by molar-refractivity contribution is -0.168. The molecule has 0 radical (unpaired) electrons. The Balaban J connectivity index is 2.58. The zero-order valence-corrected chi connectivity index (χ0v) is 18.9. The topological polar surface area (TPSA) is 69.7 Å². The molecule has 0 heterocycles. The number of rotatable bonds is 10. The molecule has 0 bridgehead atoms. The van der Waals surface area contributed by atoms with Crippen LogP contribution < -0.4 is 0 Å². The first-order chi connectivity index (χ1) is 15.5. The molecule has 0 saturated carbocycles. The summed E-state index contributed by atoms with van der Waals surface area (Å²) in [7, 11) is 0. The second kappa shape index (κ2) is 11.1. The second-order valence-electron chi connectivity index (χ2n) is 7.02. The average Bonchev–Trinajstić information content (AvgIpc) is 2.77. The van der Waals surface area contributed by atoms with E-state index in [9.17, 15) is 27.6 Å². The SMILES string of the molecule is C=CCOC(=O)C(CC(=O)c1ccc(Br)cc1)(Cc1cccc(C(F)(F)F)c1)C(=O)OC=C. The Morgan fingerprint density at radius 2 is 1.67 bits per heavy atom. The lowest BCUT2D eigenvalue weighted by atomic mass is 9.76.